The van der Waals surface area contributed by atoms with E-state index in [-0.39, 0.29) is 0 Å². The first-order valence-corrected chi connectivity index (χ1v) is 6.59. The van der Waals surface area contributed by atoms with Gasteiger partial charge >= 0.3 is 9.28 Å². The van der Waals surface area contributed by atoms with E-state index in [0.717, 1.165) is 11.8 Å². The molecule has 0 spiro atoms. The lowest BCUT2D eigenvalue weighted by atomic mass is 10.3. The minimum atomic E-state index is -1.19. The van der Waals surface area contributed by atoms with Crippen molar-refractivity contribution in [3.63, 3.8) is 0 Å². The maximum Gasteiger partial charge on any atom is 0.457 e. The van der Waals surface area contributed by atoms with Gasteiger partial charge < -0.3 is 13.6 Å². The zero-order valence-electron chi connectivity index (χ0n) is 9.23. The first-order valence-electron chi connectivity index (χ1n) is 5.07. The average Bonchev–Trinajstić information content (AvgIpc) is 2.29. The molecule has 0 bridgehead atoms. The molecule has 0 aliphatic heterocycles. The number of hydrogen-bond acceptors (Lipinski definition) is 3. The van der Waals surface area contributed by atoms with E-state index in [1.807, 2.05) is 30.3 Å². The van der Waals surface area contributed by atoms with Crippen LogP contribution in [0.4, 0.5) is 0 Å². The van der Waals surface area contributed by atoms with Gasteiger partial charge in [0.2, 0.25) is 0 Å². The van der Waals surface area contributed by atoms with Gasteiger partial charge in [0.15, 0.2) is 0 Å². The molecule has 0 atom stereocenters. The van der Waals surface area contributed by atoms with E-state index in [9.17, 15) is 0 Å². The zero-order chi connectivity index (χ0) is 10.9. The summed E-state index contributed by atoms with van der Waals surface area (Å²) < 4.78 is 16.2. The number of hydrogen-bond donors (Lipinski definition) is 0. The molecule has 3 nitrogen and oxygen atoms in total. The van der Waals surface area contributed by atoms with Gasteiger partial charge in [-0.3, -0.25) is 0 Å². The highest BCUT2D eigenvalue weighted by Crippen LogP contribution is 2.11. The van der Waals surface area contributed by atoms with Gasteiger partial charge in [-0.1, -0.05) is 25.1 Å². The SMILES string of the molecule is CC[Si](OCCOC)Oc1ccccc1. The van der Waals surface area contributed by atoms with Crippen LogP contribution in [0.25, 0.3) is 0 Å². The molecule has 0 heterocycles. The standard InChI is InChI=1S/C11H17O3Si/c1-3-15(13-10-9-12-2)14-11-7-5-4-6-8-11/h4-8H,3,9-10H2,1-2H3. The molecule has 0 N–H and O–H groups in total. The van der Waals surface area contributed by atoms with Gasteiger partial charge in [0.25, 0.3) is 0 Å². The smallest absolute Gasteiger partial charge is 0.457 e. The second-order valence-corrected chi connectivity index (χ2v) is 4.93. The van der Waals surface area contributed by atoms with Crippen LogP contribution in [0, 0.1) is 0 Å². The third-order valence-corrected chi connectivity index (χ3v) is 3.38. The molecule has 0 amide bonds. The first kappa shape index (κ1) is 12.2. The molecule has 1 rings (SSSR count). The molecule has 0 aromatic heterocycles. The summed E-state index contributed by atoms with van der Waals surface area (Å²) in [7, 11) is 0.478. The fourth-order valence-corrected chi connectivity index (χ4v) is 2.18. The summed E-state index contributed by atoms with van der Waals surface area (Å²) in [4.78, 5) is 0. The number of methoxy groups -OCH3 is 1. The highest BCUT2D eigenvalue weighted by molar-refractivity contribution is 6.45. The lowest BCUT2D eigenvalue weighted by molar-refractivity contribution is 0.135. The van der Waals surface area contributed by atoms with Gasteiger partial charge in [0.05, 0.1) is 13.2 Å². The summed E-state index contributed by atoms with van der Waals surface area (Å²) in [6.45, 7) is 3.29. The molecule has 0 saturated carbocycles. The quantitative estimate of drug-likeness (QED) is 0.526. The monoisotopic (exact) mass is 225 g/mol. The van der Waals surface area contributed by atoms with Gasteiger partial charge in [-0.05, 0) is 12.1 Å². The third kappa shape index (κ3) is 4.97. The van der Waals surface area contributed by atoms with E-state index in [2.05, 4.69) is 6.92 Å². The Bertz CT molecular complexity index is 253. The van der Waals surface area contributed by atoms with Crippen LogP contribution < -0.4 is 4.43 Å². The molecule has 83 valence electrons. The molecule has 0 saturated heterocycles. The number of para-hydroxylation sites is 1. The van der Waals surface area contributed by atoms with Gasteiger partial charge in [-0.2, -0.15) is 0 Å². The summed E-state index contributed by atoms with van der Waals surface area (Å²) in [5.74, 6) is 0.880. The molecule has 0 aliphatic rings. The molecule has 1 radical (unpaired) electrons. The predicted molar refractivity (Wildman–Crippen MR) is 61.1 cm³/mol. The third-order valence-electron chi connectivity index (χ3n) is 1.81. The van der Waals surface area contributed by atoms with Crippen molar-refractivity contribution >= 4 is 9.28 Å². The number of ether oxygens (including phenoxy) is 1. The van der Waals surface area contributed by atoms with E-state index in [1.54, 1.807) is 7.11 Å². The Morgan fingerprint density at radius 2 is 1.87 bits per heavy atom. The van der Waals surface area contributed by atoms with Crippen molar-refractivity contribution in [3.8, 4) is 5.75 Å². The van der Waals surface area contributed by atoms with Crippen LogP contribution in [0.2, 0.25) is 6.04 Å². The van der Waals surface area contributed by atoms with Crippen molar-refractivity contribution in [1.82, 2.24) is 0 Å². The molecular weight excluding hydrogens is 208 g/mol. The minimum Gasteiger partial charge on any atom is -0.519 e. The Morgan fingerprint density at radius 1 is 1.13 bits per heavy atom. The van der Waals surface area contributed by atoms with Crippen molar-refractivity contribution in [1.29, 1.82) is 0 Å². The molecule has 0 unspecified atom stereocenters. The molecule has 0 aliphatic carbocycles. The van der Waals surface area contributed by atoms with Crippen LogP contribution in [0.1, 0.15) is 6.92 Å². The number of benzene rings is 1. The van der Waals surface area contributed by atoms with Crippen molar-refractivity contribution in [2.75, 3.05) is 20.3 Å². The van der Waals surface area contributed by atoms with Crippen molar-refractivity contribution < 1.29 is 13.6 Å². The summed E-state index contributed by atoms with van der Waals surface area (Å²) >= 11 is 0. The van der Waals surface area contributed by atoms with Crippen LogP contribution in [-0.2, 0) is 9.16 Å². The van der Waals surface area contributed by atoms with Gasteiger partial charge in [0, 0.05) is 13.2 Å². The summed E-state index contributed by atoms with van der Waals surface area (Å²) in [5.41, 5.74) is 0. The summed E-state index contributed by atoms with van der Waals surface area (Å²) in [5, 5.41) is 0. The highest BCUT2D eigenvalue weighted by Gasteiger charge is 2.14. The molecule has 0 fully saturated rings. The van der Waals surface area contributed by atoms with Crippen molar-refractivity contribution in [3.05, 3.63) is 30.3 Å². The maximum absolute atomic E-state index is 5.73. The van der Waals surface area contributed by atoms with Crippen LogP contribution in [0.15, 0.2) is 30.3 Å². The van der Waals surface area contributed by atoms with Crippen LogP contribution in [-0.4, -0.2) is 29.6 Å². The second kappa shape index (κ2) is 7.45. The van der Waals surface area contributed by atoms with Gasteiger partial charge in [0.1, 0.15) is 5.75 Å². The minimum absolute atomic E-state index is 0.603. The van der Waals surface area contributed by atoms with Gasteiger partial charge in [-0.15, -0.1) is 0 Å². The van der Waals surface area contributed by atoms with E-state index in [0.29, 0.717) is 13.2 Å². The zero-order valence-corrected chi connectivity index (χ0v) is 10.2. The Hall–Kier alpha value is -0.843. The summed E-state index contributed by atoms with van der Waals surface area (Å²) in [6.07, 6.45) is 0. The lowest BCUT2D eigenvalue weighted by Gasteiger charge is -2.14. The van der Waals surface area contributed by atoms with E-state index in [4.69, 9.17) is 13.6 Å². The Balaban J connectivity index is 2.33. The highest BCUT2D eigenvalue weighted by atomic mass is 28.3. The van der Waals surface area contributed by atoms with Gasteiger partial charge in [-0.25, -0.2) is 0 Å². The van der Waals surface area contributed by atoms with Crippen molar-refractivity contribution in [2.24, 2.45) is 0 Å². The fourth-order valence-electron chi connectivity index (χ4n) is 1.06. The molecule has 1 aromatic rings. The van der Waals surface area contributed by atoms with Crippen molar-refractivity contribution in [2.45, 2.75) is 13.0 Å². The molecule has 1 aromatic carbocycles. The normalized spacial score (nSPS) is 10.6. The fraction of sp³-hybridized carbons (Fsp3) is 0.455. The van der Waals surface area contributed by atoms with E-state index < -0.39 is 9.28 Å². The largest absolute Gasteiger partial charge is 0.519 e. The first-order chi connectivity index (χ1) is 7.36. The molecule has 4 heteroatoms. The van der Waals surface area contributed by atoms with E-state index >= 15 is 0 Å². The van der Waals surface area contributed by atoms with Crippen LogP contribution in [0.5, 0.6) is 5.75 Å². The van der Waals surface area contributed by atoms with Crippen LogP contribution >= 0.6 is 0 Å². The predicted octanol–water partition coefficient (Wildman–Crippen LogP) is 2.24. The number of rotatable bonds is 7. The van der Waals surface area contributed by atoms with E-state index in [1.165, 1.54) is 0 Å². The molecule has 15 heavy (non-hydrogen) atoms. The second-order valence-electron chi connectivity index (χ2n) is 2.98. The Labute approximate surface area is 92.8 Å². The summed E-state index contributed by atoms with van der Waals surface area (Å²) in [6, 6.07) is 10.7. The Morgan fingerprint density at radius 3 is 2.47 bits per heavy atom. The van der Waals surface area contributed by atoms with Crippen LogP contribution in [0.3, 0.4) is 0 Å². The lowest BCUT2D eigenvalue weighted by Crippen LogP contribution is -2.26. The average molecular weight is 225 g/mol. The Kier molecular flexibility index (Phi) is 6.07. The maximum atomic E-state index is 5.73. The molecular formula is C11H17O3Si. The topological polar surface area (TPSA) is 27.7 Å².